The Bertz CT molecular complexity index is 320. The first-order valence-electron chi connectivity index (χ1n) is 5.72. The molecule has 15 heavy (non-hydrogen) atoms. The lowest BCUT2D eigenvalue weighted by Crippen LogP contribution is -2.32. The molecule has 0 saturated carbocycles. The van der Waals surface area contributed by atoms with Gasteiger partial charge in [0.05, 0.1) is 0 Å². The summed E-state index contributed by atoms with van der Waals surface area (Å²) in [5.74, 6) is 0. The van der Waals surface area contributed by atoms with Crippen LogP contribution in [0.25, 0.3) is 0 Å². The van der Waals surface area contributed by atoms with Gasteiger partial charge in [-0.25, -0.2) is 0 Å². The van der Waals surface area contributed by atoms with Gasteiger partial charge in [-0.15, -0.1) is 0 Å². The fourth-order valence-electron chi connectivity index (χ4n) is 1.78. The Kier molecular flexibility index (Phi) is 4.01. The van der Waals surface area contributed by atoms with E-state index in [0.29, 0.717) is 6.04 Å². The molecule has 0 aliphatic carbocycles. The third-order valence-electron chi connectivity index (χ3n) is 3.06. The predicted molar refractivity (Wildman–Crippen MR) is 68.4 cm³/mol. The van der Waals surface area contributed by atoms with Crippen LogP contribution in [0, 0.1) is 6.92 Å². The second-order valence-electron chi connectivity index (χ2n) is 4.08. The van der Waals surface area contributed by atoms with E-state index >= 15 is 0 Å². The molecule has 0 spiro atoms. The van der Waals surface area contributed by atoms with E-state index in [-0.39, 0.29) is 0 Å². The number of hydrogen-bond acceptors (Lipinski definition) is 2. The standard InChI is InChI=1S/C13H22N2/c1-5-11(4)15(6-2)12-8-7-10(3)13(14)9-12/h7-9,11H,5-6,14H2,1-4H3. The Morgan fingerprint density at radius 2 is 2.00 bits per heavy atom. The van der Waals surface area contributed by atoms with E-state index in [9.17, 15) is 0 Å². The summed E-state index contributed by atoms with van der Waals surface area (Å²) in [6.07, 6.45) is 1.15. The summed E-state index contributed by atoms with van der Waals surface area (Å²) >= 11 is 0. The first-order chi connectivity index (χ1) is 7.10. The van der Waals surface area contributed by atoms with Crippen LogP contribution in [0.15, 0.2) is 18.2 Å². The number of aryl methyl sites for hydroxylation is 1. The molecular formula is C13H22N2. The van der Waals surface area contributed by atoms with E-state index in [1.54, 1.807) is 0 Å². The van der Waals surface area contributed by atoms with Gasteiger partial charge in [-0.05, 0) is 44.9 Å². The Morgan fingerprint density at radius 1 is 1.33 bits per heavy atom. The molecule has 1 aromatic carbocycles. The smallest absolute Gasteiger partial charge is 0.0389 e. The van der Waals surface area contributed by atoms with Crippen molar-refractivity contribution in [1.82, 2.24) is 0 Å². The number of anilines is 2. The van der Waals surface area contributed by atoms with E-state index in [0.717, 1.165) is 24.2 Å². The molecule has 2 nitrogen and oxygen atoms in total. The molecule has 0 bridgehead atoms. The Morgan fingerprint density at radius 3 is 2.47 bits per heavy atom. The van der Waals surface area contributed by atoms with E-state index in [1.165, 1.54) is 5.69 Å². The molecular weight excluding hydrogens is 184 g/mol. The summed E-state index contributed by atoms with van der Waals surface area (Å²) < 4.78 is 0. The molecule has 0 aromatic heterocycles. The van der Waals surface area contributed by atoms with Crippen molar-refractivity contribution in [3.8, 4) is 0 Å². The molecule has 0 aliphatic heterocycles. The Labute approximate surface area is 93.1 Å². The molecule has 0 amide bonds. The molecule has 2 N–H and O–H groups in total. The van der Waals surface area contributed by atoms with Crippen molar-refractivity contribution in [3.05, 3.63) is 23.8 Å². The van der Waals surface area contributed by atoms with Gasteiger partial charge in [0, 0.05) is 24.0 Å². The number of nitrogens with zero attached hydrogens (tertiary/aromatic N) is 1. The van der Waals surface area contributed by atoms with Crippen LogP contribution < -0.4 is 10.6 Å². The SMILES string of the molecule is CCC(C)N(CC)c1ccc(C)c(N)c1. The van der Waals surface area contributed by atoms with E-state index in [4.69, 9.17) is 5.73 Å². The van der Waals surface area contributed by atoms with Crippen LogP contribution in [0.5, 0.6) is 0 Å². The molecule has 1 aromatic rings. The predicted octanol–water partition coefficient (Wildman–Crippen LogP) is 3.20. The van der Waals surface area contributed by atoms with Crippen molar-refractivity contribution in [3.63, 3.8) is 0 Å². The summed E-state index contributed by atoms with van der Waals surface area (Å²) in [7, 11) is 0. The molecule has 0 radical (unpaired) electrons. The molecule has 1 atom stereocenters. The van der Waals surface area contributed by atoms with Gasteiger partial charge in [0.15, 0.2) is 0 Å². The molecule has 0 saturated heterocycles. The summed E-state index contributed by atoms with van der Waals surface area (Å²) in [4.78, 5) is 2.38. The monoisotopic (exact) mass is 206 g/mol. The number of hydrogen-bond donors (Lipinski definition) is 1. The van der Waals surface area contributed by atoms with Crippen LogP contribution in [0.3, 0.4) is 0 Å². The third kappa shape index (κ3) is 2.65. The maximum Gasteiger partial charge on any atom is 0.0389 e. The third-order valence-corrected chi connectivity index (χ3v) is 3.06. The normalized spacial score (nSPS) is 12.5. The zero-order valence-electron chi connectivity index (χ0n) is 10.2. The number of benzene rings is 1. The van der Waals surface area contributed by atoms with Gasteiger partial charge in [-0.3, -0.25) is 0 Å². The summed E-state index contributed by atoms with van der Waals surface area (Å²) in [5.41, 5.74) is 9.19. The zero-order chi connectivity index (χ0) is 11.4. The van der Waals surface area contributed by atoms with Crippen LogP contribution in [-0.4, -0.2) is 12.6 Å². The maximum absolute atomic E-state index is 5.93. The second kappa shape index (κ2) is 5.06. The molecule has 1 unspecified atom stereocenters. The highest BCUT2D eigenvalue weighted by Crippen LogP contribution is 2.23. The number of nitrogen functional groups attached to an aromatic ring is 1. The lowest BCUT2D eigenvalue weighted by Gasteiger charge is -2.29. The first-order valence-corrected chi connectivity index (χ1v) is 5.72. The molecule has 0 heterocycles. The van der Waals surface area contributed by atoms with Crippen molar-refractivity contribution in [2.45, 2.75) is 40.2 Å². The average molecular weight is 206 g/mol. The largest absolute Gasteiger partial charge is 0.398 e. The van der Waals surface area contributed by atoms with Gasteiger partial charge in [-0.2, -0.15) is 0 Å². The maximum atomic E-state index is 5.93. The lowest BCUT2D eigenvalue weighted by molar-refractivity contribution is 0.630. The number of nitrogens with two attached hydrogens (primary N) is 1. The highest BCUT2D eigenvalue weighted by molar-refractivity contribution is 5.60. The van der Waals surface area contributed by atoms with Crippen molar-refractivity contribution in [1.29, 1.82) is 0 Å². The van der Waals surface area contributed by atoms with Gasteiger partial charge in [0.25, 0.3) is 0 Å². The van der Waals surface area contributed by atoms with E-state index < -0.39 is 0 Å². The fraction of sp³-hybridized carbons (Fsp3) is 0.538. The first kappa shape index (κ1) is 11.9. The lowest BCUT2D eigenvalue weighted by atomic mass is 10.1. The summed E-state index contributed by atoms with van der Waals surface area (Å²) in [6, 6.07) is 6.89. The number of rotatable bonds is 4. The van der Waals surface area contributed by atoms with Crippen molar-refractivity contribution >= 4 is 11.4 Å². The highest BCUT2D eigenvalue weighted by Gasteiger charge is 2.11. The Balaban J connectivity index is 2.97. The average Bonchev–Trinajstić information content (AvgIpc) is 2.24. The van der Waals surface area contributed by atoms with E-state index in [2.05, 4.69) is 43.9 Å². The van der Waals surface area contributed by atoms with Crippen LogP contribution in [0.4, 0.5) is 11.4 Å². The minimum Gasteiger partial charge on any atom is -0.398 e. The molecule has 84 valence electrons. The van der Waals surface area contributed by atoms with Gasteiger partial charge in [0.1, 0.15) is 0 Å². The summed E-state index contributed by atoms with van der Waals surface area (Å²) in [6.45, 7) is 9.71. The zero-order valence-corrected chi connectivity index (χ0v) is 10.2. The van der Waals surface area contributed by atoms with Crippen molar-refractivity contribution in [2.24, 2.45) is 0 Å². The molecule has 2 heteroatoms. The van der Waals surface area contributed by atoms with Crippen LogP contribution >= 0.6 is 0 Å². The van der Waals surface area contributed by atoms with Gasteiger partial charge < -0.3 is 10.6 Å². The van der Waals surface area contributed by atoms with Crippen LogP contribution in [0.2, 0.25) is 0 Å². The van der Waals surface area contributed by atoms with Crippen LogP contribution in [0.1, 0.15) is 32.8 Å². The van der Waals surface area contributed by atoms with Gasteiger partial charge in [-0.1, -0.05) is 13.0 Å². The van der Waals surface area contributed by atoms with E-state index in [1.807, 2.05) is 6.92 Å². The summed E-state index contributed by atoms with van der Waals surface area (Å²) in [5, 5.41) is 0. The van der Waals surface area contributed by atoms with Gasteiger partial charge in [0.2, 0.25) is 0 Å². The molecule has 0 fully saturated rings. The topological polar surface area (TPSA) is 29.3 Å². The molecule has 1 rings (SSSR count). The fourth-order valence-corrected chi connectivity index (χ4v) is 1.78. The van der Waals surface area contributed by atoms with Crippen molar-refractivity contribution in [2.75, 3.05) is 17.2 Å². The van der Waals surface area contributed by atoms with Crippen LogP contribution in [-0.2, 0) is 0 Å². The quantitative estimate of drug-likeness (QED) is 0.766. The Hall–Kier alpha value is -1.18. The second-order valence-corrected chi connectivity index (χ2v) is 4.08. The minimum atomic E-state index is 0.567. The van der Waals surface area contributed by atoms with Crippen molar-refractivity contribution < 1.29 is 0 Å². The highest BCUT2D eigenvalue weighted by atomic mass is 15.1. The minimum absolute atomic E-state index is 0.567. The van der Waals surface area contributed by atoms with Gasteiger partial charge >= 0.3 is 0 Å². The molecule has 0 aliphatic rings.